The predicted molar refractivity (Wildman–Crippen MR) is 49.4 cm³/mol. The van der Waals surface area contributed by atoms with Gasteiger partial charge >= 0.3 is 0 Å². The summed E-state index contributed by atoms with van der Waals surface area (Å²) in [5, 5.41) is 9.00. The fourth-order valence-electron chi connectivity index (χ4n) is 1.68. The molecule has 0 aliphatic carbocycles. The van der Waals surface area contributed by atoms with Crippen molar-refractivity contribution in [3.05, 3.63) is 29.1 Å². The molecule has 0 amide bonds. The van der Waals surface area contributed by atoms with Crippen molar-refractivity contribution < 1.29 is 14.2 Å². The Bertz CT molecular complexity index is 354. The Balaban J connectivity index is 2.55. The summed E-state index contributed by atoms with van der Waals surface area (Å²) in [6, 6.07) is 2.82. The number of hydrogen-bond donors (Lipinski definition) is 2. The van der Waals surface area contributed by atoms with Gasteiger partial charge < -0.3 is 15.6 Å². The van der Waals surface area contributed by atoms with Gasteiger partial charge in [0.2, 0.25) is 0 Å². The minimum atomic E-state index is -0.444. The van der Waals surface area contributed by atoms with Crippen LogP contribution in [-0.4, -0.2) is 11.7 Å². The van der Waals surface area contributed by atoms with E-state index in [9.17, 15) is 4.39 Å². The summed E-state index contributed by atoms with van der Waals surface area (Å²) in [5.74, 6) is -0.0217. The highest BCUT2D eigenvalue weighted by Gasteiger charge is 2.22. The summed E-state index contributed by atoms with van der Waals surface area (Å²) in [4.78, 5) is 0. The fraction of sp³-hybridized carbons (Fsp3) is 0.400. The molecular weight excluding hydrogens is 185 g/mol. The maximum absolute atomic E-state index is 13.2. The number of fused-ring (bicyclic) bond motifs is 1. The van der Waals surface area contributed by atoms with Crippen molar-refractivity contribution in [2.24, 2.45) is 5.73 Å². The van der Waals surface area contributed by atoms with Crippen molar-refractivity contribution in [3.8, 4) is 5.75 Å². The van der Waals surface area contributed by atoms with E-state index in [2.05, 4.69) is 0 Å². The molecule has 0 saturated heterocycles. The van der Waals surface area contributed by atoms with Crippen molar-refractivity contribution in [2.45, 2.75) is 19.1 Å². The summed E-state index contributed by atoms with van der Waals surface area (Å²) in [7, 11) is 0. The molecule has 0 bridgehead atoms. The summed E-state index contributed by atoms with van der Waals surface area (Å²) >= 11 is 0. The van der Waals surface area contributed by atoms with Gasteiger partial charge in [0, 0.05) is 18.0 Å². The molecule has 4 heteroatoms. The maximum atomic E-state index is 13.2. The second-order valence-electron chi connectivity index (χ2n) is 3.35. The number of halogens is 1. The van der Waals surface area contributed by atoms with Crippen LogP contribution in [0.1, 0.15) is 23.6 Å². The molecule has 76 valence electrons. The maximum Gasteiger partial charge on any atom is 0.132 e. The second-order valence-corrected chi connectivity index (χ2v) is 3.35. The highest BCUT2D eigenvalue weighted by Crippen LogP contribution is 2.34. The average molecular weight is 197 g/mol. The quantitative estimate of drug-likeness (QED) is 0.708. The van der Waals surface area contributed by atoms with Gasteiger partial charge in [-0.1, -0.05) is 6.07 Å². The molecule has 0 spiro atoms. The number of hydrogen-bond acceptors (Lipinski definition) is 3. The molecule has 0 fully saturated rings. The first-order valence-electron chi connectivity index (χ1n) is 4.54. The minimum Gasteiger partial charge on any atom is -0.493 e. The Morgan fingerprint density at radius 2 is 2.36 bits per heavy atom. The molecule has 2 rings (SSSR count). The van der Waals surface area contributed by atoms with Crippen LogP contribution in [-0.2, 0) is 6.61 Å². The molecule has 14 heavy (non-hydrogen) atoms. The van der Waals surface area contributed by atoms with Crippen LogP contribution in [0.25, 0.3) is 0 Å². The smallest absolute Gasteiger partial charge is 0.132 e. The third-order valence-electron chi connectivity index (χ3n) is 2.47. The number of benzene rings is 1. The lowest BCUT2D eigenvalue weighted by atomic mass is 9.98. The third-order valence-corrected chi connectivity index (χ3v) is 2.47. The molecule has 1 aliphatic heterocycles. The van der Waals surface area contributed by atoms with Gasteiger partial charge in [-0.05, 0) is 6.07 Å². The molecule has 1 aromatic carbocycles. The molecule has 1 aromatic rings. The van der Waals surface area contributed by atoms with Gasteiger partial charge in [0.25, 0.3) is 0 Å². The highest BCUT2D eigenvalue weighted by atomic mass is 19.1. The Morgan fingerprint density at radius 1 is 1.57 bits per heavy atom. The standard InChI is InChI=1S/C10H12FNO2/c11-8-2-1-6-9(12)3-4-14-10(6)7(8)5-13/h1-2,9,13H,3-5,12H2/t9-/m0/s1. The summed E-state index contributed by atoms with van der Waals surface area (Å²) in [6.45, 7) is 0.117. The Labute approximate surface area is 81.3 Å². The Kier molecular flexibility index (Phi) is 2.39. The van der Waals surface area contributed by atoms with E-state index < -0.39 is 5.82 Å². The van der Waals surface area contributed by atoms with Gasteiger partial charge in [0.15, 0.2) is 0 Å². The first-order chi connectivity index (χ1) is 6.74. The van der Waals surface area contributed by atoms with E-state index in [1.165, 1.54) is 6.07 Å². The zero-order valence-corrected chi connectivity index (χ0v) is 7.66. The van der Waals surface area contributed by atoms with Crippen molar-refractivity contribution >= 4 is 0 Å². The molecule has 0 unspecified atom stereocenters. The van der Waals surface area contributed by atoms with Crippen molar-refractivity contribution in [3.63, 3.8) is 0 Å². The van der Waals surface area contributed by atoms with E-state index in [4.69, 9.17) is 15.6 Å². The lowest BCUT2D eigenvalue weighted by Gasteiger charge is -2.24. The van der Waals surface area contributed by atoms with Crippen LogP contribution >= 0.6 is 0 Å². The number of aliphatic hydroxyl groups is 1. The molecule has 0 aromatic heterocycles. The molecule has 1 heterocycles. The van der Waals surface area contributed by atoms with Crippen LogP contribution in [0.2, 0.25) is 0 Å². The van der Waals surface area contributed by atoms with Gasteiger partial charge in [-0.2, -0.15) is 0 Å². The molecule has 0 saturated carbocycles. The Morgan fingerprint density at radius 3 is 3.07 bits per heavy atom. The zero-order chi connectivity index (χ0) is 10.1. The van der Waals surface area contributed by atoms with E-state index in [-0.39, 0.29) is 18.2 Å². The largest absolute Gasteiger partial charge is 0.493 e. The van der Waals surface area contributed by atoms with Gasteiger partial charge in [-0.3, -0.25) is 0 Å². The van der Waals surface area contributed by atoms with Gasteiger partial charge in [-0.25, -0.2) is 4.39 Å². The first kappa shape index (κ1) is 9.43. The van der Waals surface area contributed by atoms with E-state index in [1.807, 2.05) is 0 Å². The summed E-state index contributed by atoms with van der Waals surface area (Å²) in [6.07, 6.45) is 0.726. The van der Waals surface area contributed by atoms with Crippen molar-refractivity contribution in [2.75, 3.05) is 6.61 Å². The number of aliphatic hydroxyl groups excluding tert-OH is 1. The topological polar surface area (TPSA) is 55.5 Å². The van der Waals surface area contributed by atoms with Crippen LogP contribution in [0, 0.1) is 5.82 Å². The van der Waals surface area contributed by atoms with E-state index in [0.717, 1.165) is 12.0 Å². The summed E-state index contributed by atoms with van der Waals surface area (Å²) in [5.41, 5.74) is 6.82. The zero-order valence-electron chi connectivity index (χ0n) is 7.66. The van der Waals surface area contributed by atoms with Crippen LogP contribution in [0.4, 0.5) is 4.39 Å². The van der Waals surface area contributed by atoms with Crippen LogP contribution in [0.5, 0.6) is 5.75 Å². The minimum absolute atomic E-state index is 0.121. The lowest BCUT2D eigenvalue weighted by Crippen LogP contribution is -2.22. The number of nitrogens with two attached hydrogens (primary N) is 1. The number of rotatable bonds is 1. The predicted octanol–water partition coefficient (Wildman–Crippen LogP) is 1.10. The first-order valence-corrected chi connectivity index (χ1v) is 4.54. The van der Waals surface area contributed by atoms with Crippen LogP contribution in [0.15, 0.2) is 12.1 Å². The number of ether oxygens (including phenoxy) is 1. The van der Waals surface area contributed by atoms with Crippen LogP contribution in [0.3, 0.4) is 0 Å². The molecular formula is C10H12FNO2. The Hall–Kier alpha value is -1.13. The SMILES string of the molecule is N[C@H]1CCOc2c1ccc(F)c2CO. The van der Waals surface area contributed by atoms with E-state index in [0.29, 0.717) is 12.4 Å². The lowest BCUT2D eigenvalue weighted by molar-refractivity contribution is 0.237. The van der Waals surface area contributed by atoms with Crippen molar-refractivity contribution in [1.29, 1.82) is 0 Å². The van der Waals surface area contributed by atoms with Crippen molar-refractivity contribution in [1.82, 2.24) is 0 Å². The second kappa shape index (κ2) is 3.55. The molecule has 1 aliphatic rings. The normalized spacial score (nSPS) is 20.1. The molecule has 3 nitrogen and oxygen atoms in total. The van der Waals surface area contributed by atoms with E-state index in [1.54, 1.807) is 6.07 Å². The fourth-order valence-corrected chi connectivity index (χ4v) is 1.68. The average Bonchev–Trinajstić information content (AvgIpc) is 2.18. The monoisotopic (exact) mass is 197 g/mol. The molecule has 3 N–H and O–H groups in total. The molecule has 0 radical (unpaired) electrons. The molecule has 1 atom stereocenters. The highest BCUT2D eigenvalue weighted by molar-refractivity contribution is 5.44. The van der Waals surface area contributed by atoms with Gasteiger partial charge in [-0.15, -0.1) is 0 Å². The summed E-state index contributed by atoms with van der Waals surface area (Å²) < 4.78 is 18.5. The van der Waals surface area contributed by atoms with Crippen LogP contribution < -0.4 is 10.5 Å². The van der Waals surface area contributed by atoms with E-state index >= 15 is 0 Å². The third kappa shape index (κ3) is 1.36. The van der Waals surface area contributed by atoms with Gasteiger partial charge in [0.05, 0.1) is 18.8 Å². The van der Waals surface area contributed by atoms with Gasteiger partial charge in [0.1, 0.15) is 11.6 Å².